The number of benzene rings is 3. The first-order valence-electron chi connectivity index (χ1n) is 10.2. The Balaban J connectivity index is 1.36. The number of sulfonamides is 1. The molecule has 0 aliphatic carbocycles. The Labute approximate surface area is 196 Å². The van der Waals surface area contributed by atoms with Crippen LogP contribution >= 0.6 is 0 Å². The summed E-state index contributed by atoms with van der Waals surface area (Å²) in [6.45, 7) is 0.200. The van der Waals surface area contributed by atoms with Gasteiger partial charge in [0, 0.05) is 36.1 Å². The highest BCUT2D eigenvalue weighted by molar-refractivity contribution is 7.92. The molecule has 0 unspecified atom stereocenters. The van der Waals surface area contributed by atoms with E-state index in [1.165, 1.54) is 36.4 Å². The Bertz CT molecular complexity index is 1400. The van der Waals surface area contributed by atoms with Gasteiger partial charge in [-0.05, 0) is 48.0 Å². The molecular weight excluding hydrogens is 457 g/mol. The average Bonchev–Trinajstić information content (AvgIpc) is 2.84. The van der Waals surface area contributed by atoms with Crippen LogP contribution in [0.25, 0.3) is 0 Å². The standard InChI is InChI=1S/C25H20FN3O4S/c26-20-7-5-9-22(15-20)33-24-13-12-18(16-27-24)17-28-25(30)19-6-4-8-21(14-19)29-34(31,32)23-10-2-1-3-11-23/h1-16,29H,17H2,(H,28,30). The Morgan fingerprint density at radius 3 is 2.44 bits per heavy atom. The quantitative estimate of drug-likeness (QED) is 0.382. The highest BCUT2D eigenvalue weighted by Gasteiger charge is 2.14. The van der Waals surface area contributed by atoms with Gasteiger partial charge in [-0.2, -0.15) is 0 Å². The van der Waals surface area contributed by atoms with Crippen LogP contribution in [0.1, 0.15) is 15.9 Å². The number of rotatable bonds is 8. The van der Waals surface area contributed by atoms with E-state index in [4.69, 9.17) is 4.74 Å². The van der Waals surface area contributed by atoms with Crippen LogP contribution < -0.4 is 14.8 Å². The molecule has 172 valence electrons. The monoisotopic (exact) mass is 477 g/mol. The van der Waals surface area contributed by atoms with Crippen LogP contribution in [-0.2, 0) is 16.6 Å². The Kier molecular flexibility index (Phi) is 6.84. The van der Waals surface area contributed by atoms with Gasteiger partial charge in [0.15, 0.2) is 0 Å². The Morgan fingerprint density at radius 1 is 0.912 bits per heavy atom. The first-order valence-corrected chi connectivity index (χ1v) is 11.7. The van der Waals surface area contributed by atoms with Crippen LogP contribution in [-0.4, -0.2) is 19.3 Å². The smallest absolute Gasteiger partial charge is 0.261 e. The number of nitrogens with one attached hydrogen (secondary N) is 2. The van der Waals surface area contributed by atoms with E-state index in [1.54, 1.807) is 60.8 Å². The highest BCUT2D eigenvalue weighted by atomic mass is 32.2. The number of carbonyl (C=O) groups excluding carboxylic acids is 1. The van der Waals surface area contributed by atoms with Crippen molar-refractivity contribution in [1.29, 1.82) is 0 Å². The summed E-state index contributed by atoms with van der Waals surface area (Å²) in [5, 5.41) is 2.77. The fraction of sp³-hybridized carbons (Fsp3) is 0.0400. The molecule has 9 heteroatoms. The second-order valence-electron chi connectivity index (χ2n) is 7.25. The molecule has 0 aliphatic rings. The van der Waals surface area contributed by atoms with Crippen LogP contribution in [0.5, 0.6) is 11.6 Å². The van der Waals surface area contributed by atoms with Crippen LogP contribution in [0.3, 0.4) is 0 Å². The third kappa shape index (κ3) is 5.96. The summed E-state index contributed by atoms with van der Waals surface area (Å²) >= 11 is 0. The van der Waals surface area contributed by atoms with Crippen molar-refractivity contribution in [3.63, 3.8) is 0 Å². The molecule has 0 saturated carbocycles. The van der Waals surface area contributed by atoms with Crippen LogP contribution in [0.2, 0.25) is 0 Å². The summed E-state index contributed by atoms with van der Waals surface area (Å²) in [5.41, 5.74) is 1.30. The summed E-state index contributed by atoms with van der Waals surface area (Å²) in [6, 6.07) is 23.3. The van der Waals surface area contributed by atoms with Gasteiger partial charge in [-0.3, -0.25) is 9.52 Å². The minimum absolute atomic E-state index is 0.127. The maximum absolute atomic E-state index is 13.3. The van der Waals surface area contributed by atoms with Gasteiger partial charge >= 0.3 is 0 Å². The summed E-state index contributed by atoms with van der Waals surface area (Å²) in [5.74, 6) is -0.162. The minimum atomic E-state index is -3.76. The lowest BCUT2D eigenvalue weighted by Crippen LogP contribution is -2.23. The second-order valence-corrected chi connectivity index (χ2v) is 8.93. The number of amides is 1. The molecule has 0 fully saturated rings. The van der Waals surface area contributed by atoms with Gasteiger partial charge < -0.3 is 10.1 Å². The summed E-state index contributed by atoms with van der Waals surface area (Å²) in [4.78, 5) is 16.9. The van der Waals surface area contributed by atoms with Gasteiger partial charge in [-0.1, -0.05) is 36.4 Å². The zero-order valence-electron chi connectivity index (χ0n) is 17.8. The average molecular weight is 478 g/mol. The lowest BCUT2D eigenvalue weighted by Gasteiger charge is -2.10. The SMILES string of the molecule is O=C(NCc1ccc(Oc2cccc(F)c2)nc1)c1cccc(NS(=O)(=O)c2ccccc2)c1. The van der Waals surface area contributed by atoms with E-state index < -0.39 is 15.8 Å². The van der Waals surface area contributed by atoms with E-state index in [0.717, 1.165) is 5.56 Å². The molecule has 1 aromatic heterocycles. The molecule has 4 aromatic rings. The number of nitrogens with zero attached hydrogens (tertiary/aromatic N) is 1. The number of hydrogen-bond donors (Lipinski definition) is 2. The summed E-state index contributed by atoms with van der Waals surface area (Å²) in [6.07, 6.45) is 1.54. The summed E-state index contributed by atoms with van der Waals surface area (Å²) < 4.78 is 46.2. The minimum Gasteiger partial charge on any atom is -0.439 e. The maximum atomic E-state index is 13.3. The fourth-order valence-corrected chi connectivity index (χ4v) is 4.12. The van der Waals surface area contributed by atoms with Gasteiger partial charge in [-0.15, -0.1) is 0 Å². The molecule has 34 heavy (non-hydrogen) atoms. The Hall–Kier alpha value is -4.24. The number of anilines is 1. The van der Waals surface area contributed by atoms with Gasteiger partial charge in [0.25, 0.3) is 15.9 Å². The van der Waals surface area contributed by atoms with Crippen molar-refractivity contribution in [3.8, 4) is 11.6 Å². The predicted octanol–water partition coefficient (Wildman–Crippen LogP) is 4.74. The van der Waals surface area contributed by atoms with E-state index >= 15 is 0 Å². The van der Waals surface area contributed by atoms with Crippen molar-refractivity contribution in [2.75, 3.05) is 4.72 Å². The molecule has 0 aliphatic heterocycles. The zero-order valence-corrected chi connectivity index (χ0v) is 18.6. The van der Waals surface area contributed by atoms with Crippen molar-refractivity contribution in [1.82, 2.24) is 10.3 Å². The normalized spacial score (nSPS) is 11.0. The molecule has 0 radical (unpaired) electrons. The van der Waals surface area contributed by atoms with Gasteiger partial charge in [-0.25, -0.2) is 17.8 Å². The van der Waals surface area contributed by atoms with Crippen molar-refractivity contribution in [3.05, 3.63) is 114 Å². The van der Waals surface area contributed by atoms with Gasteiger partial charge in [0.05, 0.1) is 4.90 Å². The number of carbonyl (C=O) groups is 1. The topological polar surface area (TPSA) is 97.4 Å². The third-order valence-corrected chi connectivity index (χ3v) is 6.10. The molecule has 0 bridgehead atoms. The van der Waals surface area contributed by atoms with E-state index in [9.17, 15) is 17.6 Å². The molecule has 0 atom stereocenters. The Morgan fingerprint density at radius 2 is 1.71 bits per heavy atom. The first kappa shape index (κ1) is 22.9. The van der Waals surface area contributed by atoms with Gasteiger partial charge in [0.2, 0.25) is 5.88 Å². The molecule has 3 aromatic carbocycles. The number of pyridine rings is 1. The maximum Gasteiger partial charge on any atom is 0.261 e. The van der Waals surface area contributed by atoms with Crippen molar-refractivity contribution < 1.29 is 22.3 Å². The van der Waals surface area contributed by atoms with Crippen molar-refractivity contribution in [2.24, 2.45) is 0 Å². The molecule has 4 rings (SSSR count). The van der Waals surface area contributed by atoms with E-state index in [-0.39, 0.29) is 23.0 Å². The lowest BCUT2D eigenvalue weighted by molar-refractivity contribution is 0.0951. The molecular formula is C25H20FN3O4S. The lowest BCUT2D eigenvalue weighted by atomic mass is 10.2. The molecule has 0 spiro atoms. The first-order chi connectivity index (χ1) is 16.4. The molecule has 1 heterocycles. The van der Waals surface area contributed by atoms with Crippen LogP contribution in [0.15, 0.2) is 102 Å². The third-order valence-electron chi connectivity index (χ3n) is 4.70. The molecule has 2 N–H and O–H groups in total. The predicted molar refractivity (Wildman–Crippen MR) is 126 cm³/mol. The second kappa shape index (κ2) is 10.1. The number of hydrogen-bond acceptors (Lipinski definition) is 5. The van der Waals surface area contributed by atoms with Crippen LogP contribution in [0.4, 0.5) is 10.1 Å². The number of ether oxygens (including phenoxy) is 1. The van der Waals surface area contributed by atoms with Crippen LogP contribution in [0, 0.1) is 5.82 Å². The number of aromatic nitrogens is 1. The van der Waals surface area contributed by atoms with Crippen molar-refractivity contribution in [2.45, 2.75) is 11.4 Å². The number of halogens is 1. The van der Waals surface area contributed by atoms with Gasteiger partial charge in [0.1, 0.15) is 11.6 Å². The van der Waals surface area contributed by atoms with Crippen molar-refractivity contribution >= 4 is 21.6 Å². The zero-order chi connectivity index (χ0) is 24.0. The van der Waals surface area contributed by atoms with E-state index in [2.05, 4.69) is 15.0 Å². The molecule has 0 saturated heterocycles. The molecule has 1 amide bonds. The largest absolute Gasteiger partial charge is 0.439 e. The fourth-order valence-electron chi connectivity index (χ4n) is 3.05. The highest BCUT2D eigenvalue weighted by Crippen LogP contribution is 2.20. The van der Waals surface area contributed by atoms with E-state index in [0.29, 0.717) is 17.2 Å². The summed E-state index contributed by atoms with van der Waals surface area (Å²) in [7, 11) is -3.76. The van der Waals surface area contributed by atoms with E-state index in [1.807, 2.05) is 0 Å². The molecule has 7 nitrogen and oxygen atoms in total.